The molecule has 1 aromatic carbocycles. The van der Waals surface area contributed by atoms with Crippen molar-refractivity contribution in [1.82, 2.24) is 9.62 Å². The summed E-state index contributed by atoms with van der Waals surface area (Å²) >= 11 is 5.94. The number of aryl methyl sites for hydroxylation is 1. The fraction of sp³-hybridized carbons (Fsp3) is 0.571. The molecule has 1 fully saturated rings. The van der Waals surface area contributed by atoms with Crippen LogP contribution in [0.2, 0.25) is 5.02 Å². The fourth-order valence-electron chi connectivity index (χ4n) is 2.50. The number of benzene rings is 1. The second-order valence-corrected chi connectivity index (χ2v) is 7.81. The standard InChI is InChI=1S/C14H21ClN2O2S/c1-11-9-13(15)4-3-12(11)10-16-14-5-7-17(8-6-14)20(2,18)19/h3-4,9,14,16H,5-8,10H2,1-2H3. The van der Waals surface area contributed by atoms with Gasteiger partial charge in [-0.2, -0.15) is 0 Å². The Morgan fingerprint density at radius 1 is 1.35 bits per heavy atom. The molecule has 1 saturated heterocycles. The molecule has 0 spiro atoms. The number of nitrogens with one attached hydrogen (secondary N) is 1. The second kappa shape index (κ2) is 6.43. The van der Waals surface area contributed by atoms with Crippen molar-refractivity contribution < 1.29 is 8.42 Å². The number of rotatable bonds is 4. The number of halogens is 1. The third-order valence-corrected chi connectivity index (χ3v) is 5.35. The van der Waals surface area contributed by atoms with Gasteiger partial charge < -0.3 is 5.32 Å². The summed E-state index contributed by atoms with van der Waals surface area (Å²) in [5.41, 5.74) is 2.42. The molecule has 20 heavy (non-hydrogen) atoms. The fourth-order valence-corrected chi connectivity index (χ4v) is 3.60. The van der Waals surface area contributed by atoms with Gasteiger partial charge in [0.1, 0.15) is 0 Å². The first-order valence-electron chi connectivity index (χ1n) is 6.80. The van der Waals surface area contributed by atoms with Gasteiger partial charge in [0.15, 0.2) is 0 Å². The second-order valence-electron chi connectivity index (χ2n) is 5.39. The van der Waals surface area contributed by atoms with Gasteiger partial charge >= 0.3 is 0 Å². The van der Waals surface area contributed by atoms with Crippen molar-refractivity contribution in [2.24, 2.45) is 0 Å². The number of hydrogen-bond acceptors (Lipinski definition) is 3. The lowest BCUT2D eigenvalue weighted by atomic mass is 10.0. The molecular weight excluding hydrogens is 296 g/mol. The van der Waals surface area contributed by atoms with Crippen molar-refractivity contribution in [2.45, 2.75) is 32.4 Å². The van der Waals surface area contributed by atoms with Crippen molar-refractivity contribution in [3.8, 4) is 0 Å². The zero-order chi connectivity index (χ0) is 14.8. The highest BCUT2D eigenvalue weighted by Gasteiger charge is 2.24. The molecule has 0 aromatic heterocycles. The summed E-state index contributed by atoms with van der Waals surface area (Å²) < 4.78 is 24.4. The van der Waals surface area contributed by atoms with Gasteiger partial charge in [-0.05, 0) is 43.0 Å². The molecule has 0 radical (unpaired) electrons. The van der Waals surface area contributed by atoms with E-state index >= 15 is 0 Å². The quantitative estimate of drug-likeness (QED) is 0.926. The number of piperidine rings is 1. The molecule has 1 N–H and O–H groups in total. The third-order valence-electron chi connectivity index (χ3n) is 3.81. The maximum absolute atomic E-state index is 11.4. The normalized spacial score (nSPS) is 18.4. The number of nitrogens with zero attached hydrogens (tertiary/aromatic N) is 1. The van der Waals surface area contributed by atoms with E-state index in [0.29, 0.717) is 19.1 Å². The van der Waals surface area contributed by atoms with Crippen LogP contribution in [0.15, 0.2) is 18.2 Å². The third kappa shape index (κ3) is 4.19. The molecule has 0 aliphatic carbocycles. The van der Waals surface area contributed by atoms with Gasteiger partial charge in [-0.25, -0.2) is 12.7 Å². The van der Waals surface area contributed by atoms with Crippen LogP contribution in [0.25, 0.3) is 0 Å². The first-order chi connectivity index (χ1) is 9.36. The maximum Gasteiger partial charge on any atom is 0.211 e. The van der Waals surface area contributed by atoms with Gasteiger partial charge in [-0.1, -0.05) is 17.7 Å². The highest BCUT2D eigenvalue weighted by atomic mass is 35.5. The molecule has 0 unspecified atom stereocenters. The van der Waals surface area contributed by atoms with Crippen molar-refractivity contribution >= 4 is 21.6 Å². The SMILES string of the molecule is Cc1cc(Cl)ccc1CNC1CCN(S(C)(=O)=O)CC1. The average Bonchev–Trinajstić information content (AvgIpc) is 2.37. The molecule has 4 nitrogen and oxygen atoms in total. The van der Waals surface area contributed by atoms with Crippen molar-refractivity contribution in [3.63, 3.8) is 0 Å². The summed E-state index contributed by atoms with van der Waals surface area (Å²) in [6.07, 6.45) is 3.00. The monoisotopic (exact) mass is 316 g/mol. The summed E-state index contributed by atoms with van der Waals surface area (Å²) in [6.45, 7) is 4.06. The Kier molecular flexibility index (Phi) is 5.07. The maximum atomic E-state index is 11.4. The largest absolute Gasteiger partial charge is 0.310 e. The van der Waals surface area contributed by atoms with E-state index in [9.17, 15) is 8.42 Å². The molecule has 2 rings (SSSR count). The minimum atomic E-state index is -3.04. The van der Waals surface area contributed by atoms with E-state index in [1.807, 2.05) is 18.2 Å². The van der Waals surface area contributed by atoms with Crippen LogP contribution in [0, 0.1) is 6.92 Å². The van der Waals surface area contributed by atoms with Crippen LogP contribution in [0.3, 0.4) is 0 Å². The minimum Gasteiger partial charge on any atom is -0.310 e. The zero-order valence-electron chi connectivity index (χ0n) is 11.9. The molecule has 0 saturated carbocycles. The number of hydrogen-bond donors (Lipinski definition) is 1. The van der Waals surface area contributed by atoms with Crippen LogP contribution in [-0.4, -0.2) is 38.1 Å². The molecule has 1 heterocycles. The van der Waals surface area contributed by atoms with Crippen LogP contribution in [0.1, 0.15) is 24.0 Å². The predicted molar refractivity (Wildman–Crippen MR) is 82.5 cm³/mol. The molecule has 112 valence electrons. The first kappa shape index (κ1) is 15.8. The Morgan fingerprint density at radius 3 is 2.55 bits per heavy atom. The lowest BCUT2D eigenvalue weighted by Crippen LogP contribution is -2.44. The lowest BCUT2D eigenvalue weighted by molar-refractivity contribution is 0.290. The number of sulfonamides is 1. The van der Waals surface area contributed by atoms with Gasteiger partial charge in [0.2, 0.25) is 10.0 Å². The summed E-state index contributed by atoms with van der Waals surface area (Å²) in [4.78, 5) is 0. The molecule has 1 aliphatic heterocycles. The van der Waals surface area contributed by atoms with Gasteiger partial charge in [-0.3, -0.25) is 0 Å². The molecule has 1 aliphatic rings. The molecule has 6 heteroatoms. The Morgan fingerprint density at radius 2 is 2.00 bits per heavy atom. The van der Waals surface area contributed by atoms with E-state index in [-0.39, 0.29) is 0 Å². The van der Waals surface area contributed by atoms with Crippen LogP contribution < -0.4 is 5.32 Å². The van der Waals surface area contributed by atoms with E-state index < -0.39 is 10.0 Å². The molecule has 1 aromatic rings. The Balaban J connectivity index is 1.84. The molecule has 0 bridgehead atoms. The Labute approximate surface area is 126 Å². The van der Waals surface area contributed by atoms with Crippen molar-refractivity contribution in [2.75, 3.05) is 19.3 Å². The average molecular weight is 317 g/mol. The van der Waals surface area contributed by atoms with Crippen LogP contribution in [0.5, 0.6) is 0 Å². The first-order valence-corrected chi connectivity index (χ1v) is 9.02. The molecule has 0 atom stereocenters. The lowest BCUT2D eigenvalue weighted by Gasteiger charge is -2.30. The summed E-state index contributed by atoms with van der Waals surface area (Å²) in [7, 11) is -3.04. The van der Waals surface area contributed by atoms with Crippen molar-refractivity contribution in [1.29, 1.82) is 0 Å². The van der Waals surface area contributed by atoms with E-state index in [2.05, 4.69) is 12.2 Å². The van der Waals surface area contributed by atoms with Gasteiger partial charge in [-0.15, -0.1) is 0 Å². The molecular formula is C14H21ClN2O2S. The van der Waals surface area contributed by atoms with Crippen molar-refractivity contribution in [3.05, 3.63) is 34.3 Å². The van der Waals surface area contributed by atoms with Gasteiger partial charge in [0.25, 0.3) is 0 Å². The topological polar surface area (TPSA) is 49.4 Å². The minimum absolute atomic E-state index is 0.378. The predicted octanol–water partition coefficient (Wildman–Crippen LogP) is 2.16. The van der Waals surface area contributed by atoms with E-state index in [1.54, 1.807) is 4.31 Å². The van der Waals surface area contributed by atoms with Crippen LogP contribution in [-0.2, 0) is 16.6 Å². The molecule has 0 amide bonds. The summed E-state index contributed by atoms with van der Waals surface area (Å²) in [5.74, 6) is 0. The summed E-state index contributed by atoms with van der Waals surface area (Å²) in [5, 5.41) is 4.26. The van der Waals surface area contributed by atoms with E-state index in [0.717, 1.165) is 24.4 Å². The van der Waals surface area contributed by atoms with Gasteiger partial charge in [0, 0.05) is 30.7 Å². The highest BCUT2D eigenvalue weighted by molar-refractivity contribution is 7.88. The summed E-state index contributed by atoms with van der Waals surface area (Å²) in [6, 6.07) is 6.28. The van der Waals surface area contributed by atoms with E-state index in [4.69, 9.17) is 11.6 Å². The zero-order valence-corrected chi connectivity index (χ0v) is 13.5. The van der Waals surface area contributed by atoms with E-state index in [1.165, 1.54) is 17.4 Å². The smallest absolute Gasteiger partial charge is 0.211 e. The Bertz CT molecular complexity index is 567. The van der Waals surface area contributed by atoms with Crippen LogP contribution >= 0.6 is 11.6 Å². The Hall–Kier alpha value is -0.620. The van der Waals surface area contributed by atoms with Crippen LogP contribution in [0.4, 0.5) is 0 Å². The van der Waals surface area contributed by atoms with Gasteiger partial charge in [0.05, 0.1) is 6.26 Å². The highest BCUT2D eigenvalue weighted by Crippen LogP contribution is 2.17.